The number of carbonyl (C=O) groups is 1. The monoisotopic (exact) mass is 232 g/mol. The molecule has 88 valence electrons. The molecule has 0 aliphatic heterocycles. The molecule has 17 heavy (non-hydrogen) atoms. The molecule has 2 heterocycles. The molecule has 0 aromatic carbocycles. The van der Waals surface area contributed by atoms with Gasteiger partial charge in [-0.3, -0.25) is 9.78 Å². The zero-order valence-electron chi connectivity index (χ0n) is 9.24. The van der Waals surface area contributed by atoms with Gasteiger partial charge in [-0.2, -0.15) is 5.10 Å². The maximum absolute atomic E-state index is 10.9. The Morgan fingerprint density at radius 1 is 1.47 bits per heavy atom. The molecule has 1 unspecified atom stereocenters. The second-order valence-electron chi connectivity index (χ2n) is 3.66. The highest BCUT2D eigenvalue weighted by molar-refractivity contribution is 5.92. The molecule has 3 N–H and O–H groups in total. The standard InChI is InChI=1S/C11H12N4O2/c1-7(16)10-3-2-9(5-13-10)15-6-8(4-14-15)11(12)17/h2-7,16H,1H3,(H2,12,17). The third-order valence-corrected chi connectivity index (χ3v) is 2.33. The minimum atomic E-state index is -0.608. The third-order valence-electron chi connectivity index (χ3n) is 2.33. The van der Waals surface area contributed by atoms with Gasteiger partial charge in [-0.05, 0) is 19.1 Å². The van der Waals surface area contributed by atoms with Crippen LogP contribution in [0, 0.1) is 0 Å². The van der Waals surface area contributed by atoms with Crippen molar-refractivity contribution in [1.82, 2.24) is 14.8 Å². The normalized spacial score (nSPS) is 12.4. The lowest BCUT2D eigenvalue weighted by atomic mass is 10.2. The molecule has 2 rings (SSSR count). The minimum Gasteiger partial charge on any atom is -0.387 e. The molecule has 2 aromatic rings. The van der Waals surface area contributed by atoms with Gasteiger partial charge in [0, 0.05) is 6.20 Å². The summed E-state index contributed by atoms with van der Waals surface area (Å²) in [5.41, 5.74) is 6.74. The summed E-state index contributed by atoms with van der Waals surface area (Å²) in [6, 6.07) is 3.46. The average Bonchev–Trinajstić information content (AvgIpc) is 2.78. The zero-order chi connectivity index (χ0) is 12.4. The van der Waals surface area contributed by atoms with Crippen molar-refractivity contribution in [3.8, 4) is 5.69 Å². The number of primary amides is 1. The summed E-state index contributed by atoms with van der Waals surface area (Å²) in [4.78, 5) is 15.0. The van der Waals surface area contributed by atoms with Crippen LogP contribution in [-0.2, 0) is 0 Å². The predicted octanol–water partition coefficient (Wildman–Crippen LogP) is 0.420. The van der Waals surface area contributed by atoms with Gasteiger partial charge in [0.05, 0.1) is 35.4 Å². The van der Waals surface area contributed by atoms with E-state index in [1.807, 2.05) is 0 Å². The summed E-state index contributed by atoms with van der Waals surface area (Å²) in [6.45, 7) is 1.64. The largest absolute Gasteiger partial charge is 0.387 e. The van der Waals surface area contributed by atoms with Crippen molar-refractivity contribution < 1.29 is 9.90 Å². The quantitative estimate of drug-likeness (QED) is 0.801. The van der Waals surface area contributed by atoms with E-state index in [0.29, 0.717) is 16.9 Å². The number of rotatable bonds is 3. The molecule has 2 aromatic heterocycles. The Bertz CT molecular complexity index is 531. The summed E-state index contributed by atoms with van der Waals surface area (Å²) in [5, 5.41) is 13.3. The van der Waals surface area contributed by atoms with Crippen LogP contribution in [0.15, 0.2) is 30.7 Å². The van der Waals surface area contributed by atoms with Crippen LogP contribution in [0.4, 0.5) is 0 Å². The van der Waals surface area contributed by atoms with Crippen LogP contribution in [0.1, 0.15) is 29.1 Å². The Hall–Kier alpha value is -2.21. The van der Waals surface area contributed by atoms with Gasteiger partial charge >= 0.3 is 0 Å². The van der Waals surface area contributed by atoms with E-state index in [4.69, 9.17) is 5.73 Å². The van der Waals surface area contributed by atoms with E-state index in [0.717, 1.165) is 0 Å². The van der Waals surface area contributed by atoms with E-state index in [1.54, 1.807) is 25.3 Å². The number of hydrogen-bond acceptors (Lipinski definition) is 4. The number of pyridine rings is 1. The molecule has 0 bridgehead atoms. The van der Waals surface area contributed by atoms with Crippen LogP contribution in [0.3, 0.4) is 0 Å². The maximum atomic E-state index is 10.9. The highest BCUT2D eigenvalue weighted by Gasteiger charge is 2.07. The lowest BCUT2D eigenvalue weighted by Gasteiger charge is -2.05. The van der Waals surface area contributed by atoms with Crippen LogP contribution in [0.25, 0.3) is 5.69 Å². The molecule has 0 aliphatic rings. The number of aliphatic hydroxyl groups excluding tert-OH is 1. The zero-order valence-corrected chi connectivity index (χ0v) is 9.24. The second kappa shape index (κ2) is 4.34. The summed E-state index contributed by atoms with van der Waals surface area (Å²) in [7, 11) is 0. The van der Waals surface area contributed by atoms with Crippen molar-refractivity contribution in [1.29, 1.82) is 0 Å². The smallest absolute Gasteiger partial charge is 0.251 e. The van der Waals surface area contributed by atoms with Crippen LogP contribution < -0.4 is 5.73 Å². The molecule has 0 spiro atoms. The molecule has 0 fully saturated rings. The highest BCUT2D eigenvalue weighted by Crippen LogP contribution is 2.12. The molecule has 6 heteroatoms. The fourth-order valence-electron chi connectivity index (χ4n) is 1.37. The highest BCUT2D eigenvalue weighted by atomic mass is 16.3. The van der Waals surface area contributed by atoms with Gasteiger partial charge in [-0.25, -0.2) is 4.68 Å². The van der Waals surface area contributed by atoms with Crippen molar-refractivity contribution >= 4 is 5.91 Å². The van der Waals surface area contributed by atoms with E-state index < -0.39 is 12.0 Å². The first-order chi connectivity index (χ1) is 8.08. The Labute approximate surface area is 97.7 Å². The molecule has 1 amide bonds. The van der Waals surface area contributed by atoms with E-state index >= 15 is 0 Å². The van der Waals surface area contributed by atoms with Crippen LogP contribution in [-0.4, -0.2) is 25.8 Å². The number of carbonyl (C=O) groups excluding carboxylic acids is 1. The fourth-order valence-corrected chi connectivity index (χ4v) is 1.37. The SMILES string of the molecule is CC(O)c1ccc(-n2cc(C(N)=O)cn2)cn1. The molecule has 1 atom stereocenters. The summed E-state index contributed by atoms with van der Waals surface area (Å²) >= 11 is 0. The van der Waals surface area contributed by atoms with E-state index in [9.17, 15) is 9.90 Å². The molecule has 0 saturated heterocycles. The van der Waals surface area contributed by atoms with Gasteiger partial charge in [0.25, 0.3) is 5.91 Å². The molecular weight excluding hydrogens is 220 g/mol. The minimum absolute atomic E-state index is 0.338. The van der Waals surface area contributed by atoms with Crippen molar-refractivity contribution in [3.63, 3.8) is 0 Å². The summed E-state index contributed by atoms with van der Waals surface area (Å²) < 4.78 is 1.50. The molecule has 0 aliphatic carbocycles. The Kier molecular flexibility index (Phi) is 2.88. The molecule has 6 nitrogen and oxygen atoms in total. The van der Waals surface area contributed by atoms with Crippen LogP contribution in [0.5, 0.6) is 0 Å². The van der Waals surface area contributed by atoms with Crippen molar-refractivity contribution in [2.75, 3.05) is 0 Å². The molecule has 0 saturated carbocycles. The number of hydrogen-bond donors (Lipinski definition) is 2. The predicted molar refractivity (Wildman–Crippen MR) is 60.5 cm³/mol. The summed E-state index contributed by atoms with van der Waals surface area (Å²) in [5.74, 6) is -0.523. The number of nitrogens with zero attached hydrogens (tertiary/aromatic N) is 3. The maximum Gasteiger partial charge on any atom is 0.251 e. The van der Waals surface area contributed by atoms with E-state index in [1.165, 1.54) is 17.1 Å². The first kappa shape index (κ1) is 11.3. The number of nitrogens with two attached hydrogens (primary N) is 1. The van der Waals surface area contributed by atoms with Gasteiger partial charge < -0.3 is 10.8 Å². The third kappa shape index (κ3) is 2.31. The van der Waals surface area contributed by atoms with Gasteiger partial charge in [0.1, 0.15) is 0 Å². The first-order valence-electron chi connectivity index (χ1n) is 5.07. The number of aliphatic hydroxyl groups is 1. The Morgan fingerprint density at radius 2 is 2.24 bits per heavy atom. The van der Waals surface area contributed by atoms with Crippen molar-refractivity contribution in [2.45, 2.75) is 13.0 Å². The van der Waals surface area contributed by atoms with Gasteiger partial charge in [-0.1, -0.05) is 0 Å². The lowest BCUT2D eigenvalue weighted by molar-refractivity contribution is 0.100. The van der Waals surface area contributed by atoms with Crippen LogP contribution in [0.2, 0.25) is 0 Å². The lowest BCUT2D eigenvalue weighted by Crippen LogP contribution is -2.09. The van der Waals surface area contributed by atoms with Gasteiger partial charge in [0.15, 0.2) is 0 Å². The molecular formula is C11H12N4O2. The molecule has 0 radical (unpaired) electrons. The van der Waals surface area contributed by atoms with E-state index in [2.05, 4.69) is 10.1 Å². The van der Waals surface area contributed by atoms with Gasteiger partial charge in [-0.15, -0.1) is 0 Å². The second-order valence-corrected chi connectivity index (χ2v) is 3.66. The first-order valence-corrected chi connectivity index (χ1v) is 5.07. The summed E-state index contributed by atoms with van der Waals surface area (Å²) in [6.07, 6.45) is 3.88. The van der Waals surface area contributed by atoms with Crippen molar-refractivity contribution in [3.05, 3.63) is 42.0 Å². The number of aromatic nitrogens is 3. The number of amides is 1. The Morgan fingerprint density at radius 3 is 2.71 bits per heavy atom. The van der Waals surface area contributed by atoms with Crippen LogP contribution >= 0.6 is 0 Å². The fraction of sp³-hybridized carbons (Fsp3) is 0.182. The van der Waals surface area contributed by atoms with Crippen molar-refractivity contribution in [2.24, 2.45) is 5.73 Å². The van der Waals surface area contributed by atoms with Gasteiger partial charge in [0.2, 0.25) is 0 Å². The Balaban J connectivity index is 2.30. The van der Waals surface area contributed by atoms with E-state index in [-0.39, 0.29) is 0 Å². The topological polar surface area (TPSA) is 94.0 Å². The average molecular weight is 232 g/mol.